The summed E-state index contributed by atoms with van der Waals surface area (Å²) in [6.07, 6.45) is 6.44. The number of thiocarbonyl (C=S) groups is 1. The monoisotopic (exact) mass is 598 g/mol. The summed E-state index contributed by atoms with van der Waals surface area (Å²) in [5.74, 6) is 2.32. The third kappa shape index (κ3) is 6.54. The van der Waals surface area contributed by atoms with E-state index in [4.69, 9.17) is 26.7 Å². The number of methoxy groups -OCH3 is 1. The Morgan fingerprint density at radius 3 is 2.79 bits per heavy atom. The standard InChI is InChI=1S/C28H35BrN6O2S/c1-36-25-14-23-24(15-26(25)37-13-9-22-4-2-3-10-30-22)32-18-33-28(23)34-11-12-35(19-38)27(17-34)31-16-20-5-7-21(29)8-6-20/h5-8,14-15,18-19,22,27,30-31H,2-4,9-13,16-17H2,1H3. The molecule has 10 heteroatoms. The smallest absolute Gasteiger partial charge is 0.163 e. The summed E-state index contributed by atoms with van der Waals surface area (Å²) in [5.41, 5.74) is 3.82. The maximum atomic E-state index is 6.18. The first-order valence-corrected chi connectivity index (χ1v) is 14.5. The second-order valence-electron chi connectivity index (χ2n) is 9.81. The molecule has 3 aromatic rings. The molecule has 2 aromatic carbocycles. The van der Waals surface area contributed by atoms with E-state index in [1.165, 1.54) is 24.8 Å². The lowest BCUT2D eigenvalue weighted by Crippen LogP contribution is -2.58. The van der Waals surface area contributed by atoms with Gasteiger partial charge in [-0.1, -0.05) is 46.7 Å². The number of hydrogen-bond acceptors (Lipinski definition) is 8. The Morgan fingerprint density at radius 2 is 2.03 bits per heavy atom. The van der Waals surface area contributed by atoms with Crippen LogP contribution in [0.5, 0.6) is 11.5 Å². The minimum Gasteiger partial charge on any atom is -0.493 e. The molecular weight excluding hydrogens is 564 g/mol. The van der Waals surface area contributed by atoms with Crippen molar-refractivity contribution >= 4 is 50.4 Å². The minimum atomic E-state index is 0.0628. The number of fused-ring (bicyclic) bond motifs is 1. The van der Waals surface area contributed by atoms with Crippen molar-refractivity contribution in [2.75, 3.05) is 44.8 Å². The van der Waals surface area contributed by atoms with Crippen molar-refractivity contribution in [3.05, 3.63) is 52.8 Å². The van der Waals surface area contributed by atoms with Crippen molar-refractivity contribution in [3.63, 3.8) is 0 Å². The zero-order chi connectivity index (χ0) is 26.3. The summed E-state index contributed by atoms with van der Waals surface area (Å²) in [6.45, 7) is 4.85. The summed E-state index contributed by atoms with van der Waals surface area (Å²) in [7, 11) is 1.68. The number of rotatable bonds is 10. The summed E-state index contributed by atoms with van der Waals surface area (Å²) < 4.78 is 13.0. The molecule has 2 atom stereocenters. The fourth-order valence-electron chi connectivity index (χ4n) is 5.19. The number of hydrogen-bond donors (Lipinski definition) is 2. The highest BCUT2D eigenvalue weighted by atomic mass is 79.9. The van der Waals surface area contributed by atoms with Crippen LogP contribution >= 0.6 is 28.1 Å². The van der Waals surface area contributed by atoms with Crippen LogP contribution in [0, 0.1) is 0 Å². The fraction of sp³-hybridized carbons (Fsp3) is 0.464. The van der Waals surface area contributed by atoms with E-state index < -0.39 is 0 Å². The first kappa shape index (κ1) is 27.1. The maximum absolute atomic E-state index is 6.18. The minimum absolute atomic E-state index is 0.0628. The van der Waals surface area contributed by atoms with Crippen LogP contribution in [0.1, 0.15) is 31.2 Å². The average Bonchev–Trinajstić information content (AvgIpc) is 2.96. The summed E-state index contributed by atoms with van der Waals surface area (Å²) >= 11 is 8.83. The second kappa shape index (κ2) is 13.0. The summed E-state index contributed by atoms with van der Waals surface area (Å²) in [6, 6.07) is 12.9. The molecule has 2 N–H and O–H groups in total. The average molecular weight is 600 g/mol. The molecule has 5 rings (SSSR count). The number of halogens is 1. The number of piperidine rings is 1. The second-order valence-corrected chi connectivity index (χ2v) is 10.9. The number of piperazine rings is 1. The molecule has 2 unspecified atom stereocenters. The van der Waals surface area contributed by atoms with E-state index in [9.17, 15) is 0 Å². The van der Waals surface area contributed by atoms with Crippen molar-refractivity contribution in [2.24, 2.45) is 0 Å². The molecule has 38 heavy (non-hydrogen) atoms. The Bertz CT molecular complexity index is 1220. The first-order valence-electron chi connectivity index (χ1n) is 13.3. The molecule has 8 nitrogen and oxygen atoms in total. The van der Waals surface area contributed by atoms with Gasteiger partial charge in [-0.15, -0.1) is 0 Å². The van der Waals surface area contributed by atoms with Gasteiger partial charge in [-0.3, -0.25) is 5.32 Å². The summed E-state index contributed by atoms with van der Waals surface area (Å²) in [5, 5.41) is 8.20. The summed E-state index contributed by atoms with van der Waals surface area (Å²) in [4.78, 5) is 13.7. The predicted molar refractivity (Wildman–Crippen MR) is 159 cm³/mol. The van der Waals surface area contributed by atoms with E-state index in [0.29, 0.717) is 18.4 Å². The number of nitrogens with one attached hydrogen (secondary N) is 2. The molecule has 1 aromatic heterocycles. The van der Waals surface area contributed by atoms with Crippen molar-refractivity contribution in [2.45, 2.75) is 44.4 Å². The Kier molecular flexibility index (Phi) is 9.27. The lowest BCUT2D eigenvalue weighted by molar-refractivity contribution is 0.245. The third-order valence-corrected chi connectivity index (χ3v) is 8.15. The molecule has 0 spiro atoms. The maximum Gasteiger partial charge on any atom is 0.163 e. The first-order chi connectivity index (χ1) is 18.6. The van der Waals surface area contributed by atoms with Gasteiger partial charge in [-0.25, -0.2) is 9.97 Å². The zero-order valence-corrected chi connectivity index (χ0v) is 24.1. The quantitative estimate of drug-likeness (QED) is 0.328. The molecule has 3 heterocycles. The van der Waals surface area contributed by atoms with Gasteiger partial charge in [-0.05, 0) is 49.6 Å². The topological polar surface area (TPSA) is 74.8 Å². The molecular formula is C28H35BrN6O2S. The Labute approximate surface area is 238 Å². The van der Waals surface area contributed by atoms with Crippen LogP contribution in [0.15, 0.2) is 47.2 Å². The molecule has 2 fully saturated rings. The highest BCUT2D eigenvalue weighted by Crippen LogP contribution is 2.35. The lowest BCUT2D eigenvalue weighted by Gasteiger charge is -2.41. The van der Waals surface area contributed by atoms with Crippen LogP contribution in [0.4, 0.5) is 5.82 Å². The Balaban J connectivity index is 1.31. The molecule has 0 saturated carbocycles. The van der Waals surface area contributed by atoms with Gasteiger partial charge >= 0.3 is 0 Å². The van der Waals surface area contributed by atoms with Crippen molar-refractivity contribution in [3.8, 4) is 11.5 Å². The lowest BCUT2D eigenvalue weighted by atomic mass is 10.0. The number of benzene rings is 2. The van der Waals surface area contributed by atoms with Gasteiger partial charge in [0.15, 0.2) is 11.5 Å². The van der Waals surface area contributed by atoms with Crippen LogP contribution in [-0.2, 0) is 6.54 Å². The van der Waals surface area contributed by atoms with Gasteiger partial charge in [0.1, 0.15) is 12.1 Å². The van der Waals surface area contributed by atoms with Crippen molar-refractivity contribution < 1.29 is 9.47 Å². The van der Waals surface area contributed by atoms with Gasteiger partial charge in [0.25, 0.3) is 0 Å². The number of anilines is 1. The third-order valence-electron chi connectivity index (χ3n) is 7.35. The van der Waals surface area contributed by atoms with E-state index >= 15 is 0 Å². The highest BCUT2D eigenvalue weighted by Gasteiger charge is 2.27. The number of ether oxygens (including phenoxy) is 2. The van der Waals surface area contributed by atoms with Crippen LogP contribution in [-0.4, -0.2) is 72.5 Å². The van der Waals surface area contributed by atoms with Gasteiger partial charge < -0.3 is 24.6 Å². The van der Waals surface area contributed by atoms with Crippen molar-refractivity contribution in [1.29, 1.82) is 0 Å². The molecule has 2 saturated heterocycles. The zero-order valence-electron chi connectivity index (χ0n) is 21.7. The van der Waals surface area contributed by atoms with Crippen molar-refractivity contribution in [1.82, 2.24) is 25.5 Å². The van der Waals surface area contributed by atoms with Crippen LogP contribution in [0.25, 0.3) is 10.9 Å². The SMILES string of the molecule is COc1cc2c(N3CCN(C=S)C(NCc4ccc(Br)cc4)C3)ncnc2cc1OCCC1CCCCN1. The van der Waals surface area contributed by atoms with E-state index in [0.717, 1.165) is 66.1 Å². The van der Waals surface area contributed by atoms with Gasteiger partial charge in [0, 0.05) is 41.6 Å². The van der Waals surface area contributed by atoms with E-state index in [2.05, 4.69) is 65.6 Å². The number of aromatic nitrogens is 2. The van der Waals surface area contributed by atoms with Gasteiger partial charge in [0.05, 0.1) is 37.4 Å². The molecule has 0 bridgehead atoms. The van der Waals surface area contributed by atoms with E-state index in [1.807, 2.05) is 12.1 Å². The van der Waals surface area contributed by atoms with E-state index in [-0.39, 0.29) is 6.17 Å². The molecule has 0 aliphatic carbocycles. The van der Waals surface area contributed by atoms with Gasteiger partial charge in [0.2, 0.25) is 0 Å². The molecule has 2 aliphatic rings. The van der Waals surface area contributed by atoms with E-state index in [1.54, 1.807) is 18.9 Å². The normalized spacial score (nSPS) is 19.9. The molecule has 0 radical (unpaired) electrons. The Morgan fingerprint density at radius 1 is 1.16 bits per heavy atom. The molecule has 0 amide bonds. The highest BCUT2D eigenvalue weighted by molar-refractivity contribution is 9.10. The fourth-order valence-corrected chi connectivity index (χ4v) is 5.71. The predicted octanol–water partition coefficient (Wildman–Crippen LogP) is 4.51. The molecule has 2 aliphatic heterocycles. The van der Waals surface area contributed by atoms with Crippen LogP contribution < -0.4 is 25.0 Å². The largest absolute Gasteiger partial charge is 0.493 e. The van der Waals surface area contributed by atoms with Crippen LogP contribution in [0.3, 0.4) is 0 Å². The van der Waals surface area contributed by atoms with Gasteiger partial charge in [-0.2, -0.15) is 0 Å². The Hall–Kier alpha value is -2.53. The number of nitrogens with zero attached hydrogens (tertiary/aromatic N) is 4. The molecule has 202 valence electrons. The van der Waals surface area contributed by atoms with Crippen LogP contribution in [0.2, 0.25) is 0 Å².